The van der Waals surface area contributed by atoms with Crippen LogP contribution in [-0.2, 0) is 13.5 Å². The summed E-state index contributed by atoms with van der Waals surface area (Å²) in [6, 6.07) is 7.80. The molecule has 2 rings (SSSR count). The largest absolute Gasteiger partial charge is 0.294 e. The van der Waals surface area contributed by atoms with E-state index in [9.17, 15) is 4.79 Å². The van der Waals surface area contributed by atoms with Crippen LogP contribution in [0.5, 0.6) is 0 Å². The molecule has 2 aromatic rings. The molecule has 0 N–H and O–H groups in total. The van der Waals surface area contributed by atoms with Crippen LogP contribution < -0.4 is 0 Å². The molecule has 3 nitrogen and oxygen atoms in total. The highest BCUT2D eigenvalue weighted by molar-refractivity contribution is 5.99. The van der Waals surface area contributed by atoms with Crippen LogP contribution in [0, 0.1) is 13.8 Å². The van der Waals surface area contributed by atoms with Crippen molar-refractivity contribution < 1.29 is 4.79 Å². The van der Waals surface area contributed by atoms with Gasteiger partial charge in [-0.05, 0) is 31.0 Å². The van der Waals surface area contributed by atoms with Crippen molar-refractivity contribution >= 4 is 5.78 Å². The molecule has 1 aromatic carbocycles. The molecule has 3 heteroatoms. The Morgan fingerprint density at radius 3 is 2.41 bits per heavy atom. The van der Waals surface area contributed by atoms with Crippen molar-refractivity contribution in [3.05, 3.63) is 52.8 Å². The Bertz CT molecular complexity index is 535. The number of Topliss-reactive ketones (excluding diaryl/α,β-unsaturated/α-hetero) is 1. The van der Waals surface area contributed by atoms with Gasteiger partial charge in [-0.15, -0.1) is 0 Å². The van der Waals surface area contributed by atoms with Crippen molar-refractivity contribution in [3.8, 4) is 0 Å². The first-order valence-corrected chi connectivity index (χ1v) is 5.66. The van der Waals surface area contributed by atoms with E-state index < -0.39 is 0 Å². The van der Waals surface area contributed by atoms with Crippen LogP contribution >= 0.6 is 0 Å². The van der Waals surface area contributed by atoms with E-state index in [0.717, 1.165) is 22.4 Å². The van der Waals surface area contributed by atoms with Crippen molar-refractivity contribution in [3.63, 3.8) is 0 Å². The summed E-state index contributed by atoms with van der Waals surface area (Å²) in [5.74, 6) is 0.138. The molecule has 88 valence electrons. The summed E-state index contributed by atoms with van der Waals surface area (Å²) >= 11 is 0. The molecule has 0 aliphatic carbocycles. The molecular weight excluding hydrogens is 212 g/mol. The first-order chi connectivity index (χ1) is 8.08. The third-order valence-corrected chi connectivity index (χ3v) is 2.87. The van der Waals surface area contributed by atoms with Gasteiger partial charge in [0.25, 0.3) is 0 Å². The lowest BCUT2D eigenvalue weighted by atomic mass is 9.97. The summed E-state index contributed by atoms with van der Waals surface area (Å²) in [6.07, 6.45) is 2.22. The van der Waals surface area contributed by atoms with E-state index in [0.29, 0.717) is 6.42 Å². The van der Waals surface area contributed by atoms with Crippen LogP contribution in [0.1, 0.15) is 27.2 Å². The average Bonchev–Trinajstić information content (AvgIpc) is 2.63. The molecule has 17 heavy (non-hydrogen) atoms. The zero-order valence-electron chi connectivity index (χ0n) is 10.4. The third-order valence-electron chi connectivity index (χ3n) is 2.87. The van der Waals surface area contributed by atoms with Gasteiger partial charge >= 0.3 is 0 Å². The Balaban J connectivity index is 2.26. The molecule has 0 radical (unpaired) electrons. The second kappa shape index (κ2) is 4.53. The average molecular weight is 228 g/mol. The lowest BCUT2D eigenvalue weighted by Crippen LogP contribution is -2.08. The third kappa shape index (κ3) is 2.44. The Labute approximate surface area is 101 Å². The number of carbonyl (C=O) groups excluding carboxylic acids is 1. The van der Waals surface area contributed by atoms with E-state index in [1.54, 1.807) is 4.68 Å². The van der Waals surface area contributed by atoms with Gasteiger partial charge in [0.2, 0.25) is 0 Å². The van der Waals surface area contributed by atoms with Crippen molar-refractivity contribution in [2.24, 2.45) is 7.05 Å². The summed E-state index contributed by atoms with van der Waals surface area (Å²) in [5, 5.41) is 4.23. The number of hydrogen-bond acceptors (Lipinski definition) is 2. The van der Waals surface area contributed by atoms with Gasteiger partial charge in [-0.1, -0.05) is 18.2 Å². The first-order valence-electron chi connectivity index (χ1n) is 5.66. The Kier molecular flexibility index (Phi) is 3.09. The highest BCUT2D eigenvalue weighted by atomic mass is 16.1. The maximum atomic E-state index is 12.2. The zero-order valence-corrected chi connectivity index (χ0v) is 10.4. The lowest BCUT2D eigenvalue weighted by molar-refractivity contribution is 0.0990. The standard InChI is InChI=1S/C14H16N2O/c1-10-5-4-6-11(2)14(10)13(17)9-12-7-8-16(3)15-12/h4-8H,9H2,1-3H3. The fourth-order valence-electron chi connectivity index (χ4n) is 2.06. The van der Waals surface area contributed by atoms with Crippen molar-refractivity contribution in [1.29, 1.82) is 0 Å². The van der Waals surface area contributed by atoms with Crippen LogP contribution in [0.4, 0.5) is 0 Å². The summed E-state index contributed by atoms with van der Waals surface area (Å²) in [4.78, 5) is 12.2. The SMILES string of the molecule is Cc1cccc(C)c1C(=O)Cc1ccn(C)n1. The second-order valence-electron chi connectivity index (χ2n) is 4.35. The Morgan fingerprint density at radius 1 is 1.24 bits per heavy atom. The van der Waals surface area contributed by atoms with Crippen LogP contribution in [0.2, 0.25) is 0 Å². The van der Waals surface area contributed by atoms with E-state index in [-0.39, 0.29) is 5.78 Å². The number of hydrogen-bond donors (Lipinski definition) is 0. The summed E-state index contributed by atoms with van der Waals surface area (Å²) in [6.45, 7) is 3.94. The van der Waals surface area contributed by atoms with Gasteiger partial charge in [-0.3, -0.25) is 9.48 Å². The molecule has 0 atom stereocenters. The van der Waals surface area contributed by atoms with Crippen LogP contribution in [0.15, 0.2) is 30.5 Å². The molecule has 1 heterocycles. The summed E-state index contributed by atoms with van der Waals surface area (Å²) in [7, 11) is 1.85. The smallest absolute Gasteiger partial charge is 0.169 e. The van der Waals surface area contributed by atoms with Gasteiger partial charge < -0.3 is 0 Å². The van der Waals surface area contributed by atoms with E-state index in [1.807, 2.05) is 51.4 Å². The zero-order chi connectivity index (χ0) is 12.4. The number of ketones is 1. The number of carbonyl (C=O) groups is 1. The van der Waals surface area contributed by atoms with E-state index in [4.69, 9.17) is 0 Å². The summed E-state index contributed by atoms with van der Waals surface area (Å²) in [5.41, 5.74) is 3.72. The molecule has 0 unspecified atom stereocenters. The van der Waals surface area contributed by atoms with Gasteiger partial charge in [0.1, 0.15) is 0 Å². The quantitative estimate of drug-likeness (QED) is 0.756. The molecule has 0 amide bonds. The topological polar surface area (TPSA) is 34.9 Å². The van der Waals surface area contributed by atoms with Crippen molar-refractivity contribution in [2.45, 2.75) is 20.3 Å². The van der Waals surface area contributed by atoms with Gasteiger partial charge in [-0.2, -0.15) is 5.10 Å². The van der Waals surface area contributed by atoms with E-state index >= 15 is 0 Å². The van der Waals surface area contributed by atoms with Crippen LogP contribution in [0.25, 0.3) is 0 Å². The predicted octanol–water partition coefficient (Wildman–Crippen LogP) is 2.46. The monoisotopic (exact) mass is 228 g/mol. The number of aryl methyl sites for hydroxylation is 3. The number of aromatic nitrogens is 2. The van der Waals surface area contributed by atoms with Gasteiger partial charge in [0, 0.05) is 18.8 Å². The van der Waals surface area contributed by atoms with Crippen LogP contribution in [-0.4, -0.2) is 15.6 Å². The molecule has 0 aliphatic rings. The fraction of sp³-hybridized carbons (Fsp3) is 0.286. The van der Waals surface area contributed by atoms with Crippen molar-refractivity contribution in [1.82, 2.24) is 9.78 Å². The minimum atomic E-state index is 0.138. The van der Waals surface area contributed by atoms with Gasteiger partial charge in [0.05, 0.1) is 12.1 Å². The fourth-order valence-corrected chi connectivity index (χ4v) is 2.06. The Hall–Kier alpha value is -1.90. The first kappa shape index (κ1) is 11.6. The van der Waals surface area contributed by atoms with Crippen molar-refractivity contribution in [2.75, 3.05) is 0 Å². The number of benzene rings is 1. The molecular formula is C14H16N2O. The number of rotatable bonds is 3. The van der Waals surface area contributed by atoms with Gasteiger partial charge in [-0.25, -0.2) is 0 Å². The molecule has 0 bridgehead atoms. The maximum absolute atomic E-state index is 12.2. The molecule has 0 saturated carbocycles. The van der Waals surface area contributed by atoms with E-state index in [1.165, 1.54) is 0 Å². The molecule has 1 aromatic heterocycles. The van der Waals surface area contributed by atoms with Gasteiger partial charge in [0.15, 0.2) is 5.78 Å². The minimum absolute atomic E-state index is 0.138. The maximum Gasteiger partial charge on any atom is 0.169 e. The highest BCUT2D eigenvalue weighted by Crippen LogP contribution is 2.15. The molecule has 0 spiro atoms. The van der Waals surface area contributed by atoms with E-state index in [2.05, 4.69) is 5.10 Å². The molecule has 0 fully saturated rings. The molecule has 0 aliphatic heterocycles. The molecule has 0 saturated heterocycles. The number of nitrogens with zero attached hydrogens (tertiary/aromatic N) is 2. The minimum Gasteiger partial charge on any atom is -0.294 e. The highest BCUT2D eigenvalue weighted by Gasteiger charge is 2.13. The lowest BCUT2D eigenvalue weighted by Gasteiger charge is -2.07. The predicted molar refractivity (Wildman–Crippen MR) is 67.2 cm³/mol. The van der Waals surface area contributed by atoms with Crippen LogP contribution in [0.3, 0.4) is 0 Å². The summed E-state index contributed by atoms with van der Waals surface area (Å²) < 4.78 is 1.72. The normalized spacial score (nSPS) is 10.5. The Morgan fingerprint density at radius 2 is 1.88 bits per heavy atom. The second-order valence-corrected chi connectivity index (χ2v) is 4.35.